The van der Waals surface area contributed by atoms with Gasteiger partial charge in [-0.3, -0.25) is 5.43 Å². The Kier molecular flexibility index (Phi) is 5.12. The third-order valence-electron chi connectivity index (χ3n) is 1.75. The summed E-state index contributed by atoms with van der Waals surface area (Å²) in [6, 6.07) is 0. The van der Waals surface area contributed by atoms with Crippen LogP contribution in [0, 0.1) is 5.92 Å². The van der Waals surface area contributed by atoms with Crippen LogP contribution in [0.3, 0.4) is 0 Å². The van der Waals surface area contributed by atoms with Gasteiger partial charge in [0.05, 0.1) is 11.4 Å². The van der Waals surface area contributed by atoms with Gasteiger partial charge in [0.1, 0.15) is 0 Å². The Morgan fingerprint density at radius 3 is 2.31 bits per heavy atom. The molecule has 0 unspecified atom stereocenters. The van der Waals surface area contributed by atoms with E-state index in [9.17, 15) is 0 Å². The summed E-state index contributed by atoms with van der Waals surface area (Å²) in [5, 5.41) is 4.15. The van der Waals surface area contributed by atoms with Gasteiger partial charge in [-0.05, 0) is 24.5 Å². The first-order valence-corrected chi connectivity index (χ1v) is 4.82. The highest BCUT2D eigenvalue weighted by Crippen LogP contribution is 2.11. The van der Waals surface area contributed by atoms with Gasteiger partial charge >= 0.3 is 0 Å². The zero-order valence-corrected chi connectivity index (χ0v) is 9.31. The van der Waals surface area contributed by atoms with Gasteiger partial charge in [-0.1, -0.05) is 34.3 Å². The molecule has 0 aliphatic carbocycles. The molecule has 1 heterocycles. The van der Waals surface area contributed by atoms with E-state index in [-0.39, 0.29) is 0 Å². The summed E-state index contributed by atoms with van der Waals surface area (Å²) in [5.74, 6) is 0.477. The zero-order valence-electron chi connectivity index (χ0n) is 9.31. The second-order valence-corrected chi connectivity index (χ2v) is 3.11. The fourth-order valence-electron chi connectivity index (χ4n) is 0.857. The molecule has 0 spiro atoms. The summed E-state index contributed by atoms with van der Waals surface area (Å²) < 4.78 is 0. The molecule has 0 atom stereocenters. The molecule has 0 bridgehead atoms. The van der Waals surface area contributed by atoms with Crippen molar-refractivity contribution in [2.24, 2.45) is 11.0 Å². The minimum Gasteiger partial charge on any atom is -0.279 e. The number of hydrogen-bond acceptors (Lipinski definition) is 2. The average molecular weight is 180 g/mol. The topological polar surface area (TPSA) is 24.4 Å². The summed E-state index contributed by atoms with van der Waals surface area (Å²) in [7, 11) is 0. The number of nitrogens with zero attached hydrogens (tertiary/aromatic N) is 1. The Morgan fingerprint density at radius 2 is 1.92 bits per heavy atom. The van der Waals surface area contributed by atoms with Gasteiger partial charge in [0.25, 0.3) is 0 Å². The van der Waals surface area contributed by atoms with Crippen molar-refractivity contribution in [1.82, 2.24) is 5.43 Å². The van der Waals surface area contributed by atoms with E-state index in [0.717, 1.165) is 11.4 Å². The Morgan fingerprint density at radius 1 is 1.38 bits per heavy atom. The molecule has 74 valence electrons. The van der Waals surface area contributed by atoms with Crippen molar-refractivity contribution in [3.05, 3.63) is 23.9 Å². The van der Waals surface area contributed by atoms with Crippen molar-refractivity contribution >= 4 is 5.71 Å². The first-order chi connectivity index (χ1) is 6.11. The molecule has 0 radical (unpaired) electrons. The molecule has 2 nitrogen and oxygen atoms in total. The third-order valence-corrected chi connectivity index (χ3v) is 1.75. The normalized spacial score (nSPS) is 15.4. The van der Waals surface area contributed by atoms with Crippen LogP contribution < -0.4 is 5.43 Å². The molecule has 0 amide bonds. The first-order valence-electron chi connectivity index (χ1n) is 4.82. The zero-order chi connectivity index (χ0) is 10.4. The largest absolute Gasteiger partial charge is 0.279 e. The molecule has 0 saturated carbocycles. The molecule has 2 heteroatoms. The molecule has 0 aromatic heterocycles. The maximum absolute atomic E-state index is 4.15. The Balaban J connectivity index is 0.000000671. The van der Waals surface area contributed by atoms with E-state index < -0.39 is 0 Å². The van der Waals surface area contributed by atoms with Crippen LogP contribution in [0.1, 0.15) is 34.6 Å². The highest BCUT2D eigenvalue weighted by molar-refractivity contribution is 5.98. The minimum absolute atomic E-state index is 0.477. The lowest BCUT2D eigenvalue weighted by Gasteiger charge is -2.15. The van der Waals surface area contributed by atoms with Crippen LogP contribution in [0.25, 0.3) is 0 Å². The predicted octanol–water partition coefficient (Wildman–Crippen LogP) is 3.09. The van der Waals surface area contributed by atoms with E-state index in [0.29, 0.717) is 5.92 Å². The van der Waals surface area contributed by atoms with E-state index in [1.54, 1.807) is 0 Å². The van der Waals surface area contributed by atoms with Crippen molar-refractivity contribution in [3.8, 4) is 0 Å². The van der Waals surface area contributed by atoms with Crippen molar-refractivity contribution in [2.75, 3.05) is 0 Å². The second-order valence-electron chi connectivity index (χ2n) is 3.11. The lowest BCUT2D eigenvalue weighted by molar-refractivity contribution is 0.819. The number of rotatable bonds is 1. The Labute approximate surface area is 81.4 Å². The highest BCUT2D eigenvalue weighted by Gasteiger charge is 2.08. The van der Waals surface area contributed by atoms with Crippen LogP contribution in [-0.2, 0) is 0 Å². The lowest BCUT2D eigenvalue weighted by atomic mass is 10.0. The quantitative estimate of drug-likeness (QED) is 0.659. The van der Waals surface area contributed by atoms with Crippen LogP contribution in [0.2, 0.25) is 0 Å². The van der Waals surface area contributed by atoms with Crippen LogP contribution in [-0.4, -0.2) is 5.71 Å². The highest BCUT2D eigenvalue weighted by atomic mass is 15.3. The third kappa shape index (κ3) is 3.45. The van der Waals surface area contributed by atoms with E-state index in [1.807, 2.05) is 20.8 Å². The van der Waals surface area contributed by atoms with Crippen LogP contribution in [0.4, 0.5) is 0 Å². The first kappa shape index (κ1) is 11.9. The Hall–Kier alpha value is -1.05. The molecule has 1 aliphatic heterocycles. The molecular formula is C11H20N2. The molecule has 1 N–H and O–H groups in total. The summed E-state index contributed by atoms with van der Waals surface area (Å²) >= 11 is 0. The van der Waals surface area contributed by atoms with Crippen LogP contribution in [0.15, 0.2) is 29.0 Å². The number of hydrogen-bond donors (Lipinski definition) is 1. The van der Waals surface area contributed by atoms with Crippen molar-refractivity contribution in [3.63, 3.8) is 0 Å². The maximum atomic E-state index is 4.15. The molecule has 0 fully saturated rings. The SMILES string of the molecule is C=C1NN=C(C(C)C)C=C1C.CC. The monoisotopic (exact) mass is 180 g/mol. The second kappa shape index (κ2) is 5.57. The van der Waals surface area contributed by atoms with Gasteiger partial charge in [0.15, 0.2) is 0 Å². The molecule has 13 heavy (non-hydrogen) atoms. The molecular weight excluding hydrogens is 160 g/mol. The molecule has 1 rings (SSSR count). The van der Waals surface area contributed by atoms with E-state index in [2.05, 4.69) is 37.0 Å². The maximum Gasteiger partial charge on any atom is 0.0636 e. The average Bonchev–Trinajstić information content (AvgIpc) is 2.13. The van der Waals surface area contributed by atoms with Gasteiger partial charge in [-0.2, -0.15) is 5.10 Å². The summed E-state index contributed by atoms with van der Waals surface area (Å²) in [6.07, 6.45) is 2.07. The van der Waals surface area contributed by atoms with Gasteiger partial charge in [0.2, 0.25) is 0 Å². The van der Waals surface area contributed by atoms with Crippen LogP contribution in [0.5, 0.6) is 0 Å². The molecule has 0 aromatic carbocycles. The molecule has 0 saturated heterocycles. The lowest BCUT2D eigenvalue weighted by Crippen LogP contribution is -2.18. The van der Waals surface area contributed by atoms with Gasteiger partial charge in [-0.25, -0.2) is 0 Å². The fourth-order valence-corrected chi connectivity index (χ4v) is 0.857. The molecule has 1 aliphatic rings. The van der Waals surface area contributed by atoms with Crippen LogP contribution >= 0.6 is 0 Å². The minimum atomic E-state index is 0.477. The van der Waals surface area contributed by atoms with E-state index in [1.165, 1.54) is 5.57 Å². The van der Waals surface area contributed by atoms with Crippen molar-refractivity contribution in [1.29, 1.82) is 0 Å². The smallest absolute Gasteiger partial charge is 0.0636 e. The summed E-state index contributed by atoms with van der Waals surface area (Å²) in [6.45, 7) is 14.1. The Bertz CT molecular complexity index is 234. The summed E-state index contributed by atoms with van der Waals surface area (Å²) in [5.41, 5.74) is 6.05. The predicted molar refractivity (Wildman–Crippen MR) is 59.7 cm³/mol. The van der Waals surface area contributed by atoms with Crippen molar-refractivity contribution < 1.29 is 0 Å². The number of nitrogens with one attached hydrogen (secondary N) is 1. The van der Waals surface area contributed by atoms with Gasteiger partial charge in [0, 0.05) is 0 Å². The molecule has 0 aromatic rings. The van der Waals surface area contributed by atoms with E-state index >= 15 is 0 Å². The fraction of sp³-hybridized carbons (Fsp3) is 0.545. The van der Waals surface area contributed by atoms with E-state index in [4.69, 9.17) is 0 Å². The van der Waals surface area contributed by atoms with Gasteiger partial charge < -0.3 is 0 Å². The standard InChI is InChI=1S/C9H14N2.C2H6/c1-6(2)9-5-7(3)8(4)10-11-9;1-2/h5-6,10H,4H2,1-3H3;1-2H3. The van der Waals surface area contributed by atoms with Gasteiger partial charge in [-0.15, -0.1) is 0 Å². The number of allylic oxidation sites excluding steroid dienone is 2. The number of hydrazone groups is 1. The van der Waals surface area contributed by atoms with Crippen molar-refractivity contribution in [2.45, 2.75) is 34.6 Å². The summed E-state index contributed by atoms with van der Waals surface area (Å²) in [4.78, 5) is 0.